The highest BCUT2D eigenvalue weighted by atomic mass is 16.5. The molecule has 0 bridgehead atoms. The number of ether oxygens (including phenoxy) is 1. The van der Waals surface area contributed by atoms with E-state index in [4.69, 9.17) is 4.74 Å². The van der Waals surface area contributed by atoms with Gasteiger partial charge in [0.25, 0.3) is 0 Å². The molecule has 4 nitrogen and oxygen atoms in total. The molecule has 2 saturated heterocycles. The van der Waals surface area contributed by atoms with Crippen LogP contribution in [0.25, 0.3) is 0 Å². The van der Waals surface area contributed by atoms with E-state index in [1.807, 2.05) is 6.20 Å². The van der Waals surface area contributed by atoms with Crippen molar-refractivity contribution >= 4 is 0 Å². The smallest absolute Gasteiger partial charge is 0.0597 e. The first kappa shape index (κ1) is 17.4. The van der Waals surface area contributed by atoms with E-state index in [1.54, 1.807) is 0 Å². The van der Waals surface area contributed by atoms with E-state index in [-0.39, 0.29) is 0 Å². The predicted molar refractivity (Wildman–Crippen MR) is 101 cm³/mol. The molecule has 0 amide bonds. The summed E-state index contributed by atoms with van der Waals surface area (Å²) >= 11 is 0. The van der Waals surface area contributed by atoms with E-state index in [0.717, 1.165) is 26.2 Å². The van der Waals surface area contributed by atoms with Gasteiger partial charge in [0.05, 0.1) is 12.7 Å². The Balaban J connectivity index is 1.31. The van der Waals surface area contributed by atoms with E-state index in [9.17, 15) is 0 Å². The first-order valence-electron chi connectivity index (χ1n) is 10.3. The number of nitrogens with one attached hydrogen (secondary N) is 1. The van der Waals surface area contributed by atoms with E-state index >= 15 is 0 Å². The van der Waals surface area contributed by atoms with E-state index in [0.29, 0.717) is 17.4 Å². The Bertz CT molecular complexity index is 521. The summed E-state index contributed by atoms with van der Waals surface area (Å²) in [6.45, 7) is 6.87. The third kappa shape index (κ3) is 4.07. The second-order valence-corrected chi connectivity index (χ2v) is 8.27. The molecule has 1 aromatic rings. The van der Waals surface area contributed by atoms with Crippen LogP contribution >= 0.6 is 0 Å². The SMILES string of the molecule is c1cncc(C2CNCCC23CCC(OCCN2CCCC2)CC3)c1. The van der Waals surface area contributed by atoms with Crippen LogP contribution in [0.4, 0.5) is 0 Å². The summed E-state index contributed by atoms with van der Waals surface area (Å²) in [4.78, 5) is 6.93. The molecule has 2 aliphatic heterocycles. The lowest BCUT2D eigenvalue weighted by atomic mass is 9.60. The van der Waals surface area contributed by atoms with Crippen LogP contribution in [0.5, 0.6) is 0 Å². The normalized spacial score (nSPS) is 33.8. The second kappa shape index (κ2) is 8.15. The maximum atomic E-state index is 6.25. The van der Waals surface area contributed by atoms with Crippen LogP contribution in [0, 0.1) is 5.41 Å². The van der Waals surface area contributed by atoms with Crippen molar-refractivity contribution in [2.24, 2.45) is 5.41 Å². The van der Waals surface area contributed by atoms with Gasteiger partial charge in [-0.15, -0.1) is 0 Å². The summed E-state index contributed by atoms with van der Waals surface area (Å²) in [5.74, 6) is 0.612. The zero-order valence-electron chi connectivity index (χ0n) is 15.5. The van der Waals surface area contributed by atoms with E-state index < -0.39 is 0 Å². The molecular formula is C21H33N3O. The van der Waals surface area contributed by atoms with Crippen LogP contribution < -0.4 is 5.32 Å². The summed E-state index contributed by atoms with van der Waals surface area (Å²) in [6.07, 6.45) is 13.6. The Morgan fingerprint density at radius 1 is 1.20 bits per heavy atom. The summed E-state index contributed by atoms with van der Waals surface area (Å²) in [6, 6.07) is 4.36. The number of hydrogen-bond donors (Lipinski definition) is 1. The largest absolute Gasteiger partial charge is 0.377 e. The quantitative estimate of drug-likeness (QED) is 0.891. The molecule has 4 rings (SSSR count). The van der Waals surface area contributed by atoms with Gasteiger partial charge in [0.1, 0.15) is 0 Å². The van der Waals surface area contributed by atoms with Gasteiger partial charge < -0.3 is 15.0 Å². The summed E-state index contributed by atoms with van der Waals surface area (Å²) < 4.78 is 6.25. The number of nitrogens with zero attached hydrogens (tertiary/aromatic N) is 2. The molecule has 25 heavy (non-hydrogen) atoms. The zero-order chi connectivity index (χ0) is 17.0. The molecule has 138 valence electrons. The van der Waals surface area contributed by atoms with Gasteiger partial charge in [-0.05, 0) is 81.6 Å². The lowest BCUT2D eigenvalue weighted by Crippen LogP contribution is -2.46. The highest BCUT2D eigenvalue weighted by molar-refractivity contribution is 5.21. The van der Waals surface area contributed by atoms with Crippen LogP contribution in [0.15, 0.2) is 24.5 Å². The van der Waals surface area contributed by atoms with Crippen molar-refractivity contribution in [2.45, 2.75) is 57.0 Å². The Kier molecular flexibility index (Phi) is 5.69. The number of hydrogen-bond acceptors (Lipinski definition) is 4. The predicted octanol–water partition coefficient (Wildman–Crippen LogP) is 3.20. The lowest BCUT2D eigenvalue weighted by Gasteiger charge is -2.48. The molecule has 3 fully saturated rings. The van der Waals surface area contributed by atoms with Gasteiger partial charge in [0, 0.05) is 31.4 Å². The Morgan fingerprint density at radius 3 is 2.80 bits per heavy atom. The molecule has 1 spiro atoms. The van der Waals surface area contributed by atoms with Crippen LogP contribution in [0.3, 0.4) is 0 Å². The van der Waals surface area contributed by atoms with Crippen molar-refractivity contribution in [1.29, 1.82) is 0 Å². The highest BCUT2D eigenvalue weighted by Crippen LogP contribution is 2.51. The summed E-state index contributed by atoms with van der Waals surface area (Å²) in [5, 5.41) is 3.62. The van der Waals surface area contributed by atoms with Gasteiger partial charge in [-0.3, -0.25) is 4.98 Å². The van der Waals surface area contributed by atoms with Crippen molar-refractivity contribution in [3.8, 4) is 0 Å². The molecule has 0 radical (unpaired) electrons. The van der Waals surface area contributed by atoms with E-state index in [1.165, 1.54) is 63.6 Å². The molecule has 3 heterocycles. The zero-order valence-corrected chi connectivity index (χ0v) is 15.5. The molecular weight excluding hydrogens is 310 g/mol. The maximum Gasteiger partial charge on any atom is 0.0597 e. The molecule has 1 aromatic heterocycles. The molecule has 4 heteroatoms. The number of pyridine rings is 1. The van der Waals surface area contributed by atoms with Gasteiger partial charge >= 0.3 is 0 Å². The first-order chi connectivity index (χ1) is 12.4. The van der Waals surface area contributed by atoms with Crippen molar-refractivity contribution in [1.82, 2.24) is 15.2 Å². The third-order valence-electron chi connectivity index (χ3n) is 6.86. The number of aromatic nitrogens is 1. The molecule has 1 N–H and O–H groups in total. The van der Waals surface area contributed by atoms with Crippen molar-refractivity contribution in [3.05, 3.63) is 30.1 Å². The Morgan fingerprint density at radius 2 is 2.04 bits per heavy atom. The average molecular weight is 344 g/mol. The molecule has 0 aromatic carbocycles. The molecule has 1 saturated carbocycles. The van der Waals surface area contributed by atoms with Crippen molar-refractivity contribution in [2.75, 3.05) is 39.3 Å². The van der Waals surface area contributed by atoms with Crippen molar-refractivity contribution < 1.29 is 4.74 Å². The summed E-state index contributed by atoms with van der Waals surface area (Å²) in [7, 11) is 0. The number of piperidine rings is 1. The monoisotopic (exact) mass is 343 g/mol. The number of rotatable bonds is 5. The second-order valence-electron chi connectivity index (χ2n) is 8.27. The fraction of sp³-hybridized carbons (Fsp3) is 0.762. The topological polar surface area (TPSA) is 37.4 Å². The number of likely N-dealkylation sites (tertiary alicyclic amines) is 1. The Hall–Kier alpha value is -0.970. The standard InChI is InChI=1S/C21H33N3O/c1-2-13-24(12-1)14-15-25-19-5-7-21(8-6-19)9-11-23-17-20(21)18-4-3-10-22-16-18/h3-4,10,16,19-20,23H,1-2,5-9,11-15,17H2. The van der Waals surface area contributed by atoms with Crippen LogP contribution in [0.1, 0.15) is 56.4 Å². The Labute approximate surface area is 152 Å². The van der Waals surface area contributed by atoms with Gasteiger partial charge in [0.15, 0.2) is 0 Å². The minimum absolute atomic E-state index is 0.461. The minimum atomic E-state index is 0.461. The highest BCUT2D eigenvalue weighted by Gasteiger charge is 2.44. The van der Waals surface area contributed by atoms with Crippen LogP contribution in [-0.4, -0.2) is 55.3 Å². The molecule has 3 aliphatic rings. The summed E-state index contributed by atoms with van der Waals surface area (Å²) in [5.41, 5.74) is 1.88. The first-order valence-corrected chi connectivity index (χ1v) is 10.3. The van der Waals surface area contributed by atoms with Crippen LogP contribution in [0.2, 0.25) is 0 Å². The minimum Gasteiger partial charge on any atom is -0.377 e. The van der Waals surface area contributed by atoms with Gasteiger partial charge in [-0.1, -0.05) is 6.07 Å². The maximum absolute atomic E-state index is 6.25. The fourth-order valence-electron chi connectivity index (χ4n) is 5.31. The van der Waals surface area contributed by atoms with Gasteiger partial charge in [0.2, 0.25) is 0 Å². The molecule has 1 aliphatic carbocycles. The molecule has 1 unspecified atom stereocenters. The fourth-order valence-corrected chi connectivity index (χ4v) is 5.31. The van der Waals surface area contributed by atoms with Crippen molar-refractivity contribution in [3.63, 3.8) is 0 Å². The van der Waals surface area contributed by atoms with Gasteiger partial charge in [-0.25, -0.2) is 0 Å². The van der Waals surface area contributed by atoms with E-state index in [2.05, 4.69) is 33.5 Å². The van der Waals surface area contributed by atoms with Crippen LogP contribution in [-0.2, 0) is 4.74 Å². The average Bonchev–Trinajstić information content (AvgIpc) is 3.18. The third-order valence-corrected chi connectivity index (χ3v) is 6.86. The lowest BCUT2D eigenvalue weighted by molar-refractivity contribution is -0.0238. The molecule has 1 atom stereocenters. The van der Waals surface area contributed by atoms with Gasteiger partial charge in [-0.2, -0.15) is 0 Å².